The van der Waals surface area contributed by atoms with Crippen LogP contribution in [0.3, 0.4) is 0 Å². The third-order valence-corrected chi connectivity index (χ3v) is 6.54. The molecule has 0 saturated heterocycles. The Morgan fingerprint density at radius 2 is 1.66 bits per heavy atom. The van der Waals surface area contributed by atoms with Gasteiger partial charge >= 0.3 is 5.97 Å². The number of hydrogen-bond donors (Lipinski definition) is 4. The van der Waals surface area contributed by atoms with E-state index in [4.69, 9.17) is 5.73 Å². The van der Waals surface area contributed by atoms with Crippen LogP contribution in [-0.2, 0) is 19.8 Å². The summed E-state index contributed by atoms with van der Waals surface area (Å²) in [6.07, 6.45) is 1.59. The molecule has 0 aromatic heterocycles. The highest BCUT2D eigenvalue weighted by atomic mass is 16.4. The van der Waals surface area contributed by atoms with Gasteiger partial charge in [-0.25, -0.2) is 4.79 Å². The lowest BCUT2D eigenvalue weighted by Gasteiger charge is -2.40. The average Bonchev–Trinajstić information content (AvgIpc) is 2.73. The molecule has 3 atom stereocenters. The van der Waals surface area contributed by atoms with Crippen molar-refractivity contribution in [3.05, 3.63) is 41.5 Å². The van der Waals surface area contributed by atoms with Gasteiger partial charge in [0.15, 0.2) is 0 Å². The molecule has 1 rings (SSSR count). The summed E-state index contributed by atoms with van der Waals surface area (Å²) >= 11 is 0. The molecule has 8 heteroatoms. The summed E-state index contributed by atoms with van der Waals surface area (Å²) in [5.74, 6) is -1.64. The minimum Gasteiger partial charge on any atom is -0.478 e. The van der Waals surface area contributed by atoms with Gasteiger partial charge in [-0.3, -0.25) is 9.59 Å². The largest absolute Gasteiger partial charge is 0.478 e. The highest BCUT2D eigenvalue weighted by Crippen LogP contribution is 2.30. The number of likely N-dealkylation sites (N-methyl/N-ethyl adjacent to an activating group) is 2. The Morgan fingerprint density at radius 3 is 2.09 bits per heavy atom. The lowest BCUT2D eigenvalue weighted by Crippen LogP contribution is -2.61. The van der Waals surface area contributed by atoms with Crippen molar-refractivity contribution in [2.75, 3.05) is 19.8 Å². The second-order valence-electron chi connectivity index (χ2n) is 11.2. The first-order chi connectivity index (χ1) is 15.9. The number of nitrogen functional groups attached to an aromatic ring is 1. The van der Waals surface area contributed by atoms with Crippen molar-refractivity contribution in [1.82, 2.24) is 15.5 Å². The van der Waals surface area contributed by atoms with E-state index in [1.54, 1.807) is 26.2 Å². The van der Waals surface area contributed by atoms with Gasteiger partial charge in [0.1, 0.15) is 6.04 Å². The number of nitrogens with two attached hydrogens (primary N) is 1. The number of rotatable bonds is 10. The molecular weight excluding hydrogens is 444 g/mol. The molecule has 35 heavy (non-hydrogen) atoms. The Balaban J connectivity index is 3.32. The maximum absolute atomic E-state index is 13.7. The second kappa shape index (κ2) is 11.7. The SMILES string of the molecule is CNC(C(=O)NC(C(=O)N(C)[C@H](/C=C(\C)C(=O)O)C(C)C)C(C)(C)C)C(C)(C)c1cccc(N)c1. The molecule has 8 nitrogen and oxygen atoms in total. The van der Waals surface area contributed by atoms with Crippen LogP contribution in [0.4, 0.5) is 5.69 Å². The first-order valence-electron chi connectivity index (χ1n) is 12.0. The van der Waals surface area contributed by atoms with Crippen molar-refractivity contribution < 1.29 is 19.5 Å². The summed E-state index contributed by atoms with van der Waals surface area (Å²) < 4.78 is 0. The van der Waals surface area contributed by atoms with Gasteiger partial charge in [0.2, 0.25) is 11.8 Å². The van der Waals surface area contributed by atoms with Crippen LogP contribution in [0.25, 0.3) is 0 Å². The van der Waals surface area contributed by atoms with Crippen LogP contribution in [0.1, 0.15) is 61.0 Å². The molecule has 2 unspecified atom stereocenters. The minimum atomic E-state index is -1.03. The zero-order chi connectivity index (χ0) is 27.3. The Labute approximate surface area is 210 Å². The molecule has 0 radical (unpaired) electrons. The van der Waals surface area contributed by atoms with Gasteiger partial charge < -0.3 is 26.4 Å². The maximum atomic E-state index is 13.7. The number of carbonyl (C=O) groups excluding carboxylic acids is 2. The zero-order valence-corrected chi connectivity index (χ0v) is 22.9. The van der Waals surface area contributed by atoms with Crippen molar-refractivity contribution in [3.63, 3.8) is 0 Å². The molecule has 5 N–H and O–H groups in total. The summed E-state index contributed by atoms with van der Waals surface area (Å²) in [6.45, 7) is 15.0. The van der Waals surface area contributed by atoms with E-state index >= 15 is 0 Å². The van der Waals surface area contributed by atoms with E-state index in [1.165, 1.54) is 11.8 Å². The van der Waals surface area contributed by atoms with Gasteiger partial charge in [0.25, 0.3) is 0 Å². The van der Waals surface area contributed by atoms with E-state index in [-0.39, 0.29) is 23.3 Å². The lowest BCUT2D eigenvalue weighted by molar-refractivity contribution is -0.141. The summed E-state index contributed by atoms with van der Waals surface area (Å²) in [6, 6.07) is 5.52. The van der Waals surface area contributed by atoms with Crippen LogP contribution in [0, 0.1) is 11.3 Å². The Morgan fingerprint density at radius 1 is 1.09 bits per heavy atom. The van der Waals surface area contributed by atoms with Crippen molar-refractivity contribution in [3.8, 4) is 0 Å². The van der Waals surface area contributed by atoms with Crippen molar-refractivity contribution in [2.24, 2.45) is 11.3 Å². The molecule has 0 heterocycles. The van der Waals surface area contributed by atoms with Crippen LogP contribution in [0.15, 0.2) is 35.9 Å². The first kappa shape index (κ1) is 30.2. The average molecular weight is 489 g/mol. The zero-order valence-electron chi connectivity index (χ0n) is 22.9. The molecule has 0 saturated carbocycles. The van der Waals surface area contributed by atoms with Crippen LogP contribution in [0.2, 0.25) is 0 Å². The van der Waals surface area contributed by atoms with E-state index in [0.717, 1.165) is 5.56 Å². The topological polar surface area (TPSA) is 125 Å². The third-order valence-electron chi connectivity index (χ3n) is 6.54. The Kier molecular flexibility index (Phi) is 10.1. The summed E-state index contributed by atoms with van der Waals surface area (Å²) in [5, 5.41) is 15.4. The second-order valence-corrected chi connectivity index (χ2v) is 11.2. The third kappa shape index (κ3) is 7.56. The maximum Gasteiger partial charge on any atom is 0.331 e. The Hall–Kier alpha value is -2.87. The number of aliphatic carboxylic acids is 1. The van der Waals surface area contributed by atoms with E-state index in [1.807, 2.05) is 66.7 Å². The van der Waals surface area contributed by atoms with E-state index in [9.17, 15) is 19.5 Å². The van der Waals surface area contributed by atoms with Gasteiger partial charge in [-0.05, 0) is 43.0 Å². The van der Waals surface area contributed by atoms with Crippen molar-refractivity contribution in [2.45, 2.75) is 78.9 Å². The lowest BCUT2D eigenvalue weighted by atomic mass is 9.76. The molecule has 1 aromatic rings. The number of nitrogens with zero attached hydrogens (tertiary/aromatic N) is 1. The molecule has 1 aromatic carbocycles. The summed E-state index contributed by atoms with van der Waals surface area (Å²) in [4.78, 5) is 40.2. The number of nitrogens with one attached hydrogen (secondary N) is 2. The first-order valence-corrected chi connectivity index (χ1v) is 12.0. The monoisotopic (exact) mass is 488 g/mol. The molecule has 0 fully saturated rings. The van der Waals surface area contributed by atoms with E-state index < -0.39 is 34.9 Å². The predicted molar refractivity (Wildman–Crippen MR) is 141 cm³/mol. The molecule has 0 bridgehead atoms. The number of benzene rings is 1. The van der Waals surface area contributed by atoms with Gasteiger partial charge in [-0.15, -0.1) is 0 Å². The Bertz CT molecular complexity index is 947. The number of carboxylic acid groups (broad SMARTS) is 1. The fraction of sp³-hybridized carbons (Fsp3) is 0.593. The number of carboxylic acids is 1. The smallest absolute Gasteiger partial charge is 0.331 e. The highest BCUT2D eigenvalue weighted by Gasteiger charge is 2.41. The van der Waals surface area contributed by atoms with Gasteiger partial charge in [0, 0.05) is 23.7 Å². The molecule has 0 spiro atoms. The quantitative estimate of drug-likeness (QED) is 0.296. The van der Waals surface area contributed by atoms with Gasteiger partial charge in [0.05, 0.1) is 12.1 Å². The molecule has 2 amide bonds. The van der Waals surface area contributed by atoms with Gasteiger partial charge in [-0.2, -0.15) is 0 Å². The molecule has 0 aliphatic rings. The number of anilines is 1. The fourth-order valence-corrected chi connectivity index (χ4v) is 4.23. The normalized spacial score (nSPS) is 15.3. The fourth-order valence-electron chi connectivity index (χ4n) is 4.23. The molecular formula is C27H44N4O4. The van der Waals surface area contributed by atoms with E-state index in [0.29, 0.717) is 5.69 Å². The van der Waals surface area contributed by atoms with Crippen LogP contribution < -0.4 is 16.4 Å². The number of hydrogen-bond acceptors (Lipinski definition) is 5. The minimum absolute atomic E-state index is 0.0258. The van der Waals surface area contributed by atoms with Gasteiger partial charge in [-0.1, -0.05) is 66.7 Å². The number of carbonyl (C=O) groups is 3. The van der Waals surface area contributed by atoms with Crippen molar-refractivity contribution in [1.29, 1.82) is 0 Å². The molecule has 0 aliphatic heterocycles. The van der Waals surface area contributed by atoms with Crippen LogP contribution in [0.5, 0.6) is 0 Å². The standard InChI is InChI=1S/C27H44N4O4/c1-16(2)20(14-17(3)25(34)35)31(10)24(33)22(26(4,5)6)30-23(32)21(29-9)27(7,8)18-12-11-13-19(28)15-18/h11-16,20-22,29H,28H2,1-10H3,(H,30,32)(H,34,35)/b17-14+/t20-,21?,22?/m1/s1. The molecule has 0 aliphatic carbocycles. The van der Waals surface area contributed by atoms with E-state index in [2.05, 4.69) is 10.6 Å². The summed E-state index contributed by atoms with van der Waals surface area (Å²) in [7, 11) is 3.36. The van der Waals surface area contributed by atoms with Crippen LogP contribution in [-0.4, -0.2) is 60.0 Å². The summed E-state index contributed by atoms with van der Waals surface area (Å²) in [5.41, 5.74) is 6.45. The number of amides is 2. The van der Waals surface area contributed by atoms with Crippen LogP contribution >= 0.6 is 0 Å². The molecule has 196 valence electrons. The highest BCUT2D eigenvalue weighted by molar-refractivity contribution is 5.91. The predicted octanol–water partition coefficient (Wildman–Crippen LogP) is 3.18. The van der Waals surface area contributed by atoms with Crippen molar-refractivity contribution >= 4 is 23.5 Å².